The molecule has 7 nitrogen and oxygen atoms in total. The largest absolute Gasteiger partial charge is 0.381 e. The minimum absolute atomic E-state index is 0.000365. The summed E-state index contributed by atoms with van der Waals surface area (Å²) in [5, 5.41) is 2.78. The second-order valence-electron chi connectivity index (χ2n) is 5.77. The molecule has 2 N–H and O–H groups in total. The number of carbonyl (C=O) groups is 2. The van der Waals surface area contributed by atoms with Crippen LogP contribution in [0.1, 0.15) is 30.1 Å². The van der Waals surface area contributed by atoms with Gasteiger partial charge in [-0.3, -0.25) is 9.59 Å². The van der Waals surface area contributed by atoms with E-state index in [0.717, 1.165) is 13.0 Å². The van der Waals surface area contributed by atoms with E-state index in [1.807, 2.05) is 0 Å². The molecule has 1 aromatic carbocycles. The first-order valence-electron chi connectivity index (χ1n) is 7.83. The van der Waals surface area contributed by atoms with Crippen LogP contribution in [-0.2, 0) is 19.6 Å². The van der Waals surface area contributed by atoms with E-state index in [9.17, 15) is 18.0 Å². The molecular weight excluding hydrogens is 332 g/mol. The number of ketones is 1. The molecule has 1 aromatic rings. The molecular formula is C16H22N2O5S. The summed E-state index contributed by atoms with van der Waals surface area (Å²) in [5.41, 5.74) is 0.328. The summed E-state index contributed by atoms with van der Waals surface area (Å²) in [6.07, 6.45) is 0.985. The van der Waals surface area contributed by atoms with E-state index in [0.29, 0.717) is 24.6 Å². The van der Waals surface area contributed by atoms with Crippen LogP contribution in [-0.4, -0.2) is 46.4 Å². The van der Waals surface area contributed by atoms with Crippen LogP contribution < -0.4 is 10.0 Å². The van der Waals surface area contributed by atoms with E-state index < -0.39 is 10.0 Å². The van der Waals surface area contributed by atoms with Crippen LogP contribution >= 0.6 is 0 Å². The van der Waals surface area contributed by atoms with Crippen LogP contribution in [0.4, 0.5) is 0 Å². The maximum absolute atomic E-state index is 12.2. The lowest BCUT2D eigenvalue weighted by atomic mass is 10.1. The van der Waals surface area contributed by atoms with Crippen LogP contribution in [0, 0.1) is 5.92 Å². The average molecular weight is 354 g/mol. The minimum Gasteiger partial charge on any atom is -0.381 e. The monoisotopic (exact) mass is 354 g/mol. The predicted molar refractivity (Wildman–Crippen MR) is 88.2 cm³/mol. The molecule has 2 rings (SSSR count). The molecule has 8 heteroatoms. The van der Waals surface area contributed by atoms with E-state index in [4.69, 9.17) is 4.74 Å². The van der Waals surface area contributed by atoms with Gasteiger partial charge in [0.2, 0.25) is 15.9 Å². The predicted octanol–water partition coefficient (Wildman–Crippen LogP) is 0.710. The average Bonchev–Trinajstić information content (AvgIpc) is 3.06. The van der Waals surface area contributed by atoms with Gasteiger partial charge >= 0.3 is 0 Å². The molecule has 1 aliphatic rings. The zero-order valence-corrected chi connectivity index (χ0v) is 14.4. The van der Waals surface area contributed by atoms with E-state index >= 15 is 0 Å². The van der Waals surface area contributed by atoms with Gasteiger partial charge in [-0.1, -0.05) is 12.1 Å². The SMILES string of the molecule is CC(=O)c1cccc(S(=O)(=O)NCCC(=O)NCC2CCOC2)c1. The van der Waals surface area contributed by atoms with Gasteiger partial charge < -0.3 is 10.1 Å². The molecule has 1 saturated heterocycles. The fourth-order valence-corrected chi connectivity index (χ4v) is 3.43. The van der Waals surface area contributed by atoms with Crippen molar-refractivity contribution in [2.45, 2.75) is 24.7 Å². The first-order valence-corrected chi connectivity index (χ1v) is 9.32. The lowest BCUT2D eigenvalue weighted by Crippen LogP contribution is -2.33. The maximum Gasteiger partial charge on any atom is 0.240 e. The molecule has 0 aromatic heterocycles. The third-order valence-electron chi connectivity index (χ3n) is 3.81. The Hall–Kier alpha value is -1.77. The van der Waals surface area contributed by atoms with Crippen LogP contribution in [0.5, 0.6) is 0 Å². The van der Waals surface area contributed by atoms with Crippen molar-refractivity contribution >= 4 is 21.7 Å². The Balaban J connectivity index is 1.80. The molecule has 0 saturated carbocycles. The van der Waals surface area contributed by atoms with Gasteiger partial charge in [-0.05, 0) is 25.5 Å². The first kappa shape index (κ1) is 18.6. The zero-order chi connectivity index (χ0) is 17.6. The fraction of sp³-hybridized carbons (Fsp3) is 0.500. The molecule has 0 radical (unpaired) electrons. The molecule has 24 heavy (non-hydrogen) atoms. The van der Waals surface area contributed by atoms with E-state index in [1.165, 1.54) is 25.1 Å². The van der Waals surface area contributed by atoms with Crippen molar-refractivity contribution in [3.05, 3.63) is 29.8 Å². The molecule has 132 valence electrons. The molecule has 1 heterocycles. The summed E-state index contributed by atoms with van der Waals surface area (Å²) >= 11 is 0. The third-order valence-corrected chi connectivity index (χ3v) is 5.27. The van der Waals surface area contributed by atoms with Crippen molar-refractivity contribution in [2.75, 3.05) is 26.3 Å². The summed E-state index contributed by atoms with van der Waals surface area (Å²) < 4.78 is 32.0. The van der Waals surface area contributed by atoms with Crippen molar-refractivity contribution in [2.24, 2.45) is 5.92 Å². The highest BCUT2D eigenvalue weighted by atomic mass is 32.2. The number of sulfonamides is 1. The molecule has 1 amide bonds. The lowest BCUT2D eigenvalue weighted by molar-refractivity contribution is -0.121. The smallest absolute Gasteiger partial charge is 0.240 e. The summed E-state index contributed by atoms with van der Waals surface area (Å²) in [6.45, 7) is 3.30. The zero-order valence-electron chi connectivity index (χ0n) is 13.6. The fourth-order valence-electron chi connectivity index (χ4n) is 2.36. The quantitative estimate of drug-likeness (QED) is 0.670. The second kappa shape index (κ2) is 8.36. The number of ether oxygens (including phenoxy) is 1. The third kappa shape index (κ3) is 5.40. The van der Waals surface area contributed by atoms with Gasteiger partial charge in [-0.2, -0.15) is 0 Å². The van der Waals surface area contributed by atoms with Crippen molar-refractivity contribution in [3.8, 4) is 0 Å². The number of carbonyl (C=O) groups excluding carboxylic acids is 2. The first-order chi connectivity index (χ1) is 11.4. The van der Waals surface area contributed by atoms with Gasteiger partial charge in [0.1, 0.15) is 0 Å². The Morgan fingerprint density at radius 3 is 2.79 bits per heavy atom. The maximum atomic E-state index is 12.2. The van der Waals surface area contributed by atoms with E-state index in [-0.39, 0.29) is 29.6 Å². The van der Waals surface area contributed by atoms with Gasteiger partial charge in [0.05, 0.1) is 11.5 Å². The van der Waals surface area contributed by atoms with Gasteiger partial charge in [-0.25, -0.2) is 13.1 Å². The number of Topliss-reactive ketones (excluding diaryl/α,β-unsaturated/α-hetero) is 1. The highest BCUT2D eigenvalue weighted by Gasteiger charge is 2.18. The number of hydrogen-bond acceptors (Lipinski definition) is 5. The van der Waals surface area contributed by atoms with Gasteiger partial charge in [-0.15, -0.1) is 0 Å². The van der Waals surface area contributed by atoms with Crippen molar-refractivity contribution in [1.82, 2.24) is 10.0 Å². The number of benzene rings is 1. The molecule has 1 aliphatic heterocycles. The van der Waals surface area contributed by atoms with Crippen molar-refractivity contribution < 1.29 is 22.7 Å². The summed E-state index contributed by atoms with van der Waals surface area (Å²) in [7, 11) is -3.74. The Morgan fingerprint density at radius 2 is 2.12 bits per heavy atom. The van der Waals surface area contributed by atoms with Crippen LogP contribution in [0.25, 0.3) is 0 Å². The van der Waals surface area contributed by atoms with Gasteiger partial charge in [0.15, 0.2) is 5.78 Å². The molecule has 0 bridgehead atoms. The van der Waals surface area contributed by atoms with Gasteiger partial charge in [0.25, 0.3) is 0 Å². The van der Waals surface area contributed by atoms with Crippen LogP contribution in [0.3, 0.4) is 0 Å². The molecule has 1 atom stereocenters. The van der Waals surface area contributed by atoms with Crippen LogP contribution in [0.2, 0.25) is 0 Å². The number of rotatable bonds is 8. The van der Waals surface area contributed by atoms with Crippen LogP contribution in [0.15, 0.2) is 29.2 Å². The Bertz CT molecular complexity index is 696. The van der Waals surface area contributed by atoms with Gasteiger partial charge in [0, 0.05) is 37.6 Å². The standard InChI is InChI=1S/C16H22N2O5S/c1-12(19)14-3-2-4-15(9-14)24(21,22)18-7-5-16(20)17-10-13-6-8-23-11-13/h2-4,9,13,18H,5-8,10-11H2,1H3,(H,17,20). The van der Waals surface area contributed by atoms with E-state index in [1.54, 1.807) is 6.07 Å². The number of amides is 1. The normalized spacial score (nSPS) is 17.6. The molecule has 0 aliphatic carbocycles. The lowest BCUT2D eigenvalue weighted by Gasteiger charge is -2.10. The molecule has 1 fully saturated rings. The Morgan fingerprint density at radius 1 is 1.33 bits per heavy atom. The molecule has 1 unspecified atom stereocenters. The number of nitrogens with one attached hydrogen (secondary N) is 2. The minimum atomic E-state index is -3.74. The highest BCUT2D eigenvalue weighted by molar-refractivity contribution is 7.89. The summed E-state index contributed by atoms with van der Waals surface area (Å²) in [6, 6.07) is 5.81. The summed E-state index contributed by atoms with van der Waals surface area (Å²) in [4.78, 5) is 23.1. The topological polar surface area (TPSA) is 102 Å². The molecule has 0 spiro atoms. The highest BCUT2D eigenvalue weighted by Crippen LogP contribution is 2.12. The van der Waals surface area contributed by atoms with Crippen molar-refractivity contribution in [3.63, 3.8) is 0 Å². The number of hydrogen-bond donors (Lipinski definition) is 2. The van der Waals surface area contributed by atoms with E-state index in [2.05, 4.69) is 10.0 Å². The van der Waals surface area contributed by atoms with Crippen molar-refractivity contribution in [1.29, 1.82) is 0 Å². The Labute approximate surface area is 141 Å². The Kier molecular flexibility index (Phi) is 6.47. The second-order valence-corrected chi connectivity index (χ2v) is 7.53. The summed E-state index contributed by atoms with van der Waals surface area (Å²) in [5.74, 6) is -0.0793.